The Labute approximate surface area is 154 Å². The van der Waals surface area contributed by atoms with E-state index in [1.165, 1.54) is 17.8 Å². The Morgan fingerprint density at radius 1 is 1.20 bits per heavy atom. The van der Waals surface area contributed by atoms with Crippen LogP contribution < -0.4 is 10.5 Å². The minimum Gasteiger partial charge on any atom is -0.341 e. The molecule has 1 heterocycles. The number of sulfonamides is 2. The van der Waals surface area contributed by atoms with Crippen molar-refractivity contribution < 1.29 is 16.8 Å². The van der Waals surface area contributed by atoms with Crippen molar-refractivity contribution in [3.8, 4) is 0 Å². The maximum Gasteiger partial charge on any atom is 0.286 e. The number of hydrogen-bond donors (Lipinski definition) is 2. The Hall–Kier alpha value is -1.59. The van der Waals surface area contributed by atoms with Gasteiger partial charge in [0.15, 0.2) is 0 Å². The lowest BCUT2D eigenvalue weighted by atomic mass is 10.3. The number of rotatable bonds is 4. The molecule has 0 saturated heterocycles. The van der Waals surface area contributed by atoms with Gasteiger partial charge in [-0.05, 0) is 24.3 Å². The first-order valence-electron chi connectivity index (χ1n) is 6.82. The minimum absolute atomic E-state index is 0.163. The number of benzene rings is 2. The second-order valence-electron chi connectivity index (χ2n) is 5.06. The molecule has 0 atom stereocenters. The average molecular weight is 418 g/mol. The fourth-order valence-corrected chi connectivity index (χ4v) is 5.37. The molecule has 0 aliphatic carbocycles. The second kappa shape index (κ2) is 6.61. The highest BCUT2D eigenvalue weighted by atomic mass is 35.5. The van der Waals surface area contributed by atoms with Crippen LogP contribution in [0.3, 0.4) is 0 Å². The lowest BCUT2D eigenvalue weighted by Gasteiger charge is -2.19. The predicted molar refractivity (Wildman–Crippen MR) is 98.2 cm³/mol. The van der Waals surface area contributed by atoms with Crippen LogP contribution in [0.1, 0.15) is 0 Å². The predicted octanol–water partition coefficient (Wildman–Crippen LogP) is 2.29. The third kappa shape index (κ3) is 3.98. The van der Waals surface area contributed by atoms with E-state index < -0.39 is 24.9 Å². The van der Waals surface area contributed by atoms with Crippen LogP contribution in [0, 0.1) is 0 Å². The van der Waals surface area contributed by atoms with Crippen molar-refractivity contribution in [2.75, 3.05) is 11.1 Å². The van der Waals surface area contributed by atoms with Gasteiger partial charge in [-0.15, -0.1) is 16.2 Å². The summed E-state index contributed by atoms with van der Waals surface area (Å²) in [6.45, 7) is 0. The maximum absolute atomic E-state index is 12.4. The van der Waals surface area contributed by atoms with Gasteiger partial charge in [-0.1, -0.05) is 29.8 Å². The van der Waals surface area contributed by atoms with Gasteiger partial charge in [0.1, 0.15) is 15.6 Å². The van der Waals surface area contributed by atoms with Crippen LogP contribution in [0.4, 0.5) is 5.69 Å². The van der Waals surface area contributed by atoms with E-state index in [0.29, 0.717) is 0 Å². The summed E-state index contributed by atoms with van der Waals surface area (Å²) in [4.78, 5) is 0.211. The molecule has 0 aromatic heterocycles. The SMILES string of the molecule is NS(=O)(=O)c1cc2c(cc1Cl)NC(CSc1ccccc1)=NS2(=O)=O. The van der Waals surface area contributed by atoms with Crippen LogP contribution in [0.5, 0.6) is 0 Å². The molecular weight excluding hydrogens is 406 g/mol. The number of primary sulfonamides is 1. The van der Waals surface area contributed by atoms with Crippen LogP contribution in [0.2, 0.25) is 5.02 Å². The van der Waals surface area contributed by atoms with Crippen molar-refractivity contribution >= 4 is 54.9 Å². The molecule has 1 aliphatic heterocycles. The normalized spacial score (nSPS) is 15.8. The van der Waals surface area contributed by atoms with Crippen LogP contribution in [0.15, 0.2) is 61.5 Å². The second-order valence-corrected chi connectivity index (χ2v) is 9.62. The van der Waals surface area contributed by atoms with Gasteiger partial charge < -0.3 is 5.32 Å². The number of anilines is 1. The van der Waals surface area contributed by atoms with Crippen molar-refractivity contribution in [1.29, 1.82) is 0 Å². The summed E-state index contributed by atoms with van der Waals surface area (Å²) in [5.41, 5.74) is 0.163. The van der Waals surface area contributed by atoms with E-state index in [4.69, 9.17) is 16.7 Å². The molecule has 2 aromatic carbocycles. The number of hydrogen-bond acceptors (Lipinski definition) is 6. The molecule has 0 fully saturated rings. The number of nitrogens with two attached hydrogens (primary N) is 1. The topological polar surface area (TPSA) is 119 Å². The van der Waals surface area contributed by atoms with Crippen LogP contribution in [-0.4, -0.2) is 28.4 Å². The highest BCUT2D eigenvalue weighted by Gasteiger charge is 2.28. The van der Waals surface area contributed by atoms with Gasteiger partial charge in [0.25, 0.3) is 10.0 Å². The number of nitrogens with zero attached hydrogens (tertiary/aromatic N) is 1. The lowest BCUT2D eigenvalue weighted by Crippen LogP contribution is -2.24. The van der Waals surface area contributed by atoms with E-state index in [0.717, 1.165) is 11.0 Å². The number of fused-ring (bicyclic) bond motifs is 1. The summed E-state index contributed by atoms with van der Waals surface area (Å²) < 4.78 is 51.5. The molecule has 0 radical (unpaired) electrons. The van der Waals surface area contributed by atoms with Gasteiger partial charge in [-0.25, -0.2) is 13.6 Å². The third-order valence-corrected chi connectivity index (χ3v) is 7.00. The summed E-state index contributed by atoms with van der Waals surface area (Å²) in [7, 11) is -8.22. The standard InChI is InChI=1S/C14H12ClN3O4S3/c15-10-6-11-13(7-12(10)24(16,19)20)25(21,22)18-14(17-11)8-23-9-4-2-1-3-5-9/h1-7H,8H2,(H,17,18)(H2,16,19,20). The molecule has 11 heteroatoms. The number of halogens is 1. The highest BCUT2D eigenvalue weighted by molar-refractivity contribution is 8.00. The molecule has 0 bridgehead atoms. The van der Waals surface area contributed by atoms with E-state index in [1.54, 1.807) is 0 Å². The summed E-state index contributed by atoms with van der Waals surface area (Å²) >= 11 is 7.33. The van der Waals surface area contributed by atoms with Gasteiger partial charge in [-0.2, -0.15) is 8.42 Å². The van der Waals surface area contributed by atoms with Crippen molar-refractivity contribution in [1.82, 2.24) is 0 Å². The molecule has 7 nitrogen and oxygen atoms in total. The Morgan fingerprint density at radius 2 is 1.88 bits per heavy atom. The quantitative estimate of drug-likeness (QED) is 0.736. The number of nitrogens with one attached hydrogen (secondary N) is 1. The van der Waals surface area contributed by atoms with Crippen LogP contribution >= 0.6 is 23.4 Å². The van der Waals surface area contributed by atoms with E-state index in [9.17, 15) is 16.8 Å². The molecule has 3 N–H and O–H groups in total. The zero-order chi connectivity index (χ0) is 18.2. The van der Waals surface area contributed by atoms with Crippen LogP contribution in [0.25, 0.3) is 0 Å². The first-order chi connectivity index (χ1) is 11.7. The van der Waals surface area contributed by atoms with Crippen molar-refractivity contribution in [2.45, 2.75) is 14.7 Å². The Bertz CT molecular complexity index is 1070. The molecule has 1 aliphatic rings. The molecule has 2 aromatic rings. The van der Waals surface area contributed by atoms with Crippen LogP contribution in [-0.2, 0) is 20.0 Å². The maximum atomic E-state index is 12.4. The van der Waals surface area contributed by atoms with E-state index in [2.05, 4.69) is 9.71 Å². The number of thioether (sulfide) groups is 1. The van der Waals surface area contributed by atoms with E-state index in [1.807, 2.05) is 30.3 Å². The van der Waals surface area contributed by atoms with Gasteiger partial charge in [0.2, 0.25) is 10.0 Å². The fourth-order valence-electron chi connectivity index (χ4n) is 2.17. The van der Waals surface area contributed by atoms with E-state index in [-0.39, 0.29) is 27.2 Å². The first kappa shape index (κ1) is 18.2. The molecule has 0 unspecified atom stereocenters. The molecular formula is C14H12ClN3O4S3. The minimum atomic E-state index is -4.15. The molecule has 0 amide bonds. The Balaban J connectivity index is 1.94. The first-order valence-corrected chi connectivity index (χ1v) is 11.2. The smallest absolute Gasteiger partial charge is 0.286 e. The van der Waals surface area contributed by atoms with E-state index >= 15 is 0 Å². The van der Waals surface area contributed by atoms with Gasteiger partial charge >= 0.3 is 0 Å². The fraction of sp³-hybridized carbons (Fsp3) is 0.0714. The largest absolute Gasteiger partial charge is 0.341 e. The average Bonchev–Trinajstić information content (AvgIpc) is 2.51. The Kier molecular flexibility index (Phi) is 4.82. The summed E-state index contributed by atoms with van der Waals surface area (Å²) in [5.74, 6) is 0.512. The zero-order valence-corrected chi connectivity index (χ0v) is 15.7. The third-order valence-electron chi connectivity index (χ3n) is 3.25. The molecule has 132 valence electrons. The monoisotopic (exact) mass is 417 g/mol. The summed E-state index contributed by atoms with van der Waals surface area (Å²) in [6.07, 6.45) is 0. The molecule has 0 saturated carbocycles. The highest BCUT2D eigenvalue weighted by Crippen LogP contribution is 2.34. The van der Waals surface area contributed by atoms with Crippen molar-refractivity contribution in [3.63, 3.8) is 0 Å². The number of amidine groups is 1. The summed E-state index contributed by atoms with van der Waals surface area (Å²) in [6, 6.07) is 11.6. The summed E-state index contributed by atoms with van der Waals surface area (Å²) in [5, 5.41) is 7.76. The zero-order valence-electron chi connectivity index (χ0n) is 12.5. The molecule has 0 spiro atoms. The van der Waals surface area contributed by atoms with Crippen molar-refractivity contribution in [3.05, 3.63) is 47.5 Å². The lowest BCUT2D eigenvalue weighted by molar-refractivity contribution is 0.596. The van der Waals surface area contributed by atoms with Gasteiger partial charge in [0, 0.05) is 4.90 Å². The van der Waals surface area contributed by atoms with Gasteiger partial charge in [-0.3, -0.25) is 0 Å². The van der Waals surface area contributed by atoms with Crippen molar-refractivity contribution in [2.24, 2.45) is 9.54 Å². The van der Waals surface area contributed by atoms with Gasteiger partial charge in [0.05, 0.1) is 16.5 Å². The molecule has 25 heavy (non-hydrogen) atoms. The Morgan fingerprint density at radius 3 is 2.52 bits per heavy atom. The molecule has 3 rings (SSSR count).